The molecule has 0 aliphatic heterocycles. The van der Waals surface area contributed by atoms with E-state index < -0.39 is 0 Å². The minimum Gasteiger partial charge on any atom is -0.497 e. The molecule has 2 aromatic carbocycles. The van der Waals surface area contributed by atoms with Gasteiger partial charge in [0.05, 0.1) is 12.8 Å². The van der Waals surface area contributed by atoms with Crippen LogP contribution in [0.5, 0.6) is 5.75 Å². The molecule has 0 aliphatic carbocycles. The van der Waals surface area contributed by atoms with Crippen LogP contribution in [0, 0.1) is 0 Å². The molecule has 0 saturated carbocycles. The van der Waals surface area contributed by atoms with Gasteiger partial charge < -0.3 is 4.74 Å². The van der Waals surface area contributed by atoms with Crippen LogP contribution in [0.25, 0.3) is 11.3 Å². The van der Waals surface area contributed by atoms with Gasteiger partial charge in [0.15, 0.2) is 5.13 Å². The van der Waals surface area contributed by atoms with Gasteiger partial charge in [-0.3, -0.25) is 10.1 Å². The van der Waals surface area contributed by atoms with E-state index in [1.54, 1.807) is 7.11 Å². The molecule has 3 aromatic rings. The predicted molar refractivity (Wildman–Crippen MR) is 126 cm³/mol. The average molecular weight is 423 g/mol. The van der Waals surface area contributed by atoms with Crippen LogP contribution in [0.2, 0.25) is 0 Å². The number of ether oxygens (including phenoxy) is 1. The second-order valence-electron chi connectivity index (χ2n) is 9.52. The van der Waals surface area contributed by atoms with Crippen molar-refractivity contribution in [3.05, 3.63) is 64.5 Å². The van der Waals surface area contributed by atoms with Crippen molar-refractivity contribution in [1.29, 1.82) is 0 Å². The first-order valence-electron chi connectivity index (χ1n) is 10.0. The maximum atomic E-state index is 13.0. The topological polar surface area (TPSA) is 51.2 Å². The monoisotopic (exact) mass is 422 g/mol. The maximum absolute atomic E-state index is 13.0. The molecule has 5 heteroatoms. The summed E-state index contributed by atoms with van der Waals surface area (Å²) in [5.74, 6) is 0.665. The third kappa shape index (κ3) is 5.08. The zero-order chi connectivity index (χ0) is 22.1. The number of benzene rings is 2. The lowest BCUT2D eigenvalue weighted by molar-refractivity contribution is 0.102. The molecule has 3 rings (SSSR count). The van der Waals surface area contributed by atoms with E-state index in [1.165, 1.54) is 11.3 Å². The molecule has 0 radical (unpaired) electrons. The van der Waals surface area contributed by atoms with Gasteiger partial charge in [-0.25, -0.2) is 4.98 Å². The molecule has 0 atom stereocenters. The Morgan fingerprint density at radius 2 is 1.50 bits per heavy atom. The van der Waals surface area contributed by atoms with Crippen LogP contribution < -0.4 is 10.1 Å². The minimum absolute atomic E-state index is 0.0427. The summed E-state index contributed by atoms with van der Waals surface area (Å²) in [4.78, 5) is 17.6. The summed E-state index contributed by atoms with van der Waals surface area (Å²) in [5, 5.41) is 5.51. The maximum Gasteiger partial charge on any atom is 0.257 e. The number of thiazole rings is 1. The van der Waals surface area contributed by atoms with Crippen LogP contribution in [0.1, 0.15) is 63.0 Å². The van der Waals surface area contributed by atoms with Crippen LogP contribution in [0.4, 0.5) is 5.13 Å². The summed E-state index contributed by atoms with van der Waals surface area (Å²) in [6.45, 7) is 13.0. The van der Waals surface area contributed by atoms with E-state index >= 15 is 0 Å². The number of amides is 1. The third-order valence-electron chi connectivity index (χ3n) is 5.04. The first-order chi connectivity index (χ1) is 14.0. The van der Waals surface area contributed by atoms with Crippen LogP contribution >= 0.6 is 11.3 Å². The Morgan fingerprint density at radius 3 is 2.00 bits per heavy atom. The van der Waals surface area contributed by atoms with Crippen molar-refractivity contribution in [2.45, 2.75) is 52.4 Å². The molecule has 1 amide bonds. The number of aromatic nitrogens is 1. The Bertz CT molecular complexity index is 1010. The number of nitrogens with one attached hydrogen (secondary N) is 1. The molecule has 1 aromatic heterocycles. The zero-order valence-corrected chi connectivity index (χ0v) is 19.6. The fourth-order valence-corrected chi connectivity index (χ4v) is 3.73. The number of hydrogen-bond acceptors (Lipinski definition) is 4. The highest BCUT2D eigenvalue weighted by Crippen LogP contribution is 2.31. The normalized spacial score (nSPS) is 12.0. The SMILES string of the molecule is COc1ccc(-c2csc(NC(=O)c3cc(C(C)(C)C)cc(C(C)(C)C)c3)n2)cc1. The van der Waals surface area contributed by atoms with E-state index in [9.17, 15) is 4.79 Å². The van der Waals surface area contributed by atoms with E-state index in [0.717, 1.165) is 28.1 Å². The molecule has 0 spiro atoms. The lowest BCUT2D eigenvalue weighted by Crippen LogP contribution is -2.20. The van der Waals surface area contributed by atoms with Crippen LogP contribution in [-0.4, -0.2) is 18.0 Å². The molecular weight excluding hydrogens is 392 g/mol. The number of rotatable bonds is 4. The van der Waals surface area contributed by atoms with Crippen molar-refractivity contribution in [3.63, 3.8) is 0 Å². The van der Waals surface area contributed by atoms with Gasteiger partial charge in [-0.2, -0.15) is 0 Å². The van der Waals surface area contributed by atoms with E-state index in [1.807, 2.05) is 41.8 Å². The van der Waals surface area contributed by atoms with Gasteiger partial charge in [-0.1, -0.05) is 47.6 Å². The van der Waals surface area contributed by atoms with Gasteiger partial charge in [-0.05, 0) is 58.4 Å². The summed E-state index contributed by atoms with van der Waals surface area (Å²) in [6.07, 6.45) is 0. The number of nitrogens with zero attached hydrogens (tertiary/aromatic N) is 1. The fourth-order valence-electron chi connectivity index (χ4n) is 3.02. The highest BCUT2D eigenvalue weighted by molar-refractivity contribution is 7.14. The highest BCUT2D eigenvalue weighted by Gasteiger charge is 2.22. The summed E-state index contributed by atoms with van der Waals surface area (Å²) in [6, 6.07) is 13.9. The molecule has 1 heterocycles. The Labute approximate surface area is 183 Å². The number of carbonyl (C=O) groups excluding carboxylic acids is 1. The standard InChI is InChI=1S/C25H30N2O2S/c1-24(2,3)18-12-17(13-19(14-18)25(4,5)6)22(28)27-23-26-21(15-30-23)16-8-10-20(29-7)11-9-16/h8-15H,1-7H3,(H,26,27,28). The molecule has 158 valence electrons. The molecule has 1 N–H and O–H groups in total. The van der Waals surface area contributed by atoms with Gasteiger partial charge in [0, 0.05) is 16.5 Å². The number of carbonyl (C=O) groups is 1. The lowest BCUT2D eigenvalue weighted by atomic mass is 9.79. The highest BCUT2D eigenvalue weighted by atomic mass is 32.1. The van der Waals surface area contributed by atoms with Gasteiger partial charge in [0.1, 0.15) is 5.75 Å². The van der Waals surface area contributed by atoms with Gasteiger partial charge in [-0.15, -0.1) is 11.3 Å². The largest absolute Gasteiger partial charge is 0.497 e. The van der Waals surface area contributed by atoms with E-state index in [0.29, 0.717) is 10.7 Å². The molecule has 30 heavy (non-hydrogen) atoms. The Morgan fingerprint density at radius 1 is 0.933 bits per heavy atom. The van der Waals surface area contributed by atoms with Crippen molar-refractivity contribution in [1.82, 2.24) is 4.98 Å². The van der Waals surface area contributed by atoms with Gasteiger partial charge in [0.2, 0.25) is 0 Å². The second kappa shape index (κ2) is 8.23. The quantitative estimate of drug-likeness (QED) is 0.511. The summed E-state index contributed by atoms with van der Waals surface area (Å²) < 4.78 is 5.20. The second-order valence-corrected chi connectivity index (χ2v) is 10.4. The fraction of sp³-hybridized carbons (Fsp3) is 0.360. The van der Waals surface area contributed by atoms with Crippen molar-refractivity contribution >= 4 is 22.4 Å². The van der Waals surface area contributed by atoms with Crippen molar-refractivity contribution in [2.24, 2.45) is 0 Å². The third-order valence-corrected chi connectivity index (χ3v) is 5.80. The minimum atomic E-state index is -0.137. The van der Waals surface area contributed by atoms with Gasteiger partial charge in [0.25, 0.3) is 5.91 Å². The molecule has 0 unspecified atom stereocenters. The summed E-state index contributed by atoms with van der Waals surface area (Å²) >= 11 is 1.42. The molecule has 0 bridgehead atoms. The first-order valence-corrected chi connectivity index (χ1v) is 10.9. The molecular formula is C25H30N2O2S. The first kappa shape index (κ1) is 22.0. The van der Waals surface area contributed by atoms with E-state index in [-0.39, 0.29) is 16.7 Å². The molecule has 0 saturated heterocycles. The van der Waals surface area contributed by atoms with Gasteiger partial charge >= 0.3 is 0 Å². The van der Waals surface area contributed by atoms with Crippen LogP contribution in [0.3, 0.4) is 0 Å². The molecule has 4 nitrogen and oxygen atoms in total. The van der Waals surface area contributed by atoms with E-state index in [4.69, 9.17) is 4.74 Å². The van der Waals surface area contributed by atoms with E-state index in [2.05, 4.69) is 57.9 Å². The number of anilines is 1. The Kier molecular flexibility index (Phi) is 6.04. The zero-order valence-electron chi connectivity index (χ0n) is 18.8. The van der Waals surface area contributed by atoms with Crippen molar-refractivity contribution in [2.75, 3.05) is 12.4 Å². The van der Waals surface area contributed by atoms with Crippen LogP contribution in [-0.2, 0) is 10.8 Å². The number of methoxy groups -OCH3 is 1. The predicted octanol–water partition coefficient (Wildman–Crippen LogP) is 6.67. The summed E-state index contributed by atoms with van der Waals surface area (Å²) in [7, 11) is 1.64. The Hall–Kier alpha value is -2.66. The molecule has 0 fully saturated rings. The molecule has 0 aliphatic rings. The Balaban J connectivity index is 1.86. The summed E-state index contributed by atoms with van der Waals surface area (Å²) in [5.41, 5.74) is 4.69. The average Bonchev–Trinajstić information content (AvgIpc) is 3.14. The number of hydrogen-bond donors (Lipinski definition) is 1. The van der Waals surface area contributed by atoms with Crippen molar-refractivity contribution < 1.29 is 9.53 Å². The smallest absolute Gasteiger partial charge is 0.257 e. The van der Waals surface area contributed by atoms with Crippen molar-refractivity contribution in [3.8, 4) is 17.0 Å². The van der Waals surface area contributed by atoms with Crippen LogP contribution in [0.15, 0.2) is 47.8 Å². The lowest BCUT2D eigenvalue weighted by Gasteiger charge is -2.26.